The molecule has 1 N–H and O–H groups in total. The molecule has 0 saturated carbocycles. The molecule has 1 aliphatic heterocycles. The Bertz CT molecular complexity index is 1180. The summed E-state index contributed by atoms with van der Waals surface area (Å²) in [7, 11) is 0. The Hall–Kier alpha value is -3.29. The van der Waals surface area contributed by atoms with E-state index in [1.807, 2.05) is 12.1 Å². The molecule has 2 aromatic carbocycles. The third-order valence-corrected chi connectivity index (χ3v) is 5.56. The van der Waals surface area contributed by atoms with E-state index in [0.29, 0.717) is 21.6 Å². The van der Waals surface area contributed by atoms with Gasteiger partial charge in [-0.1, -0.05) is 41.6 Å². The number of anilines is 1. The lowest BCUT2D eigenvalue weighted by Gasteiger charge is -2.27. The monoisotopic (exact) mass is 438 g/mol. The summed E-state index contributed by atoms with van der Waals surface area (Å²) in [4.78, 5) is 39.4. The summed E-state index contributed by atoms with van der Waals surface area (Å²) in [5.74, 6) is -1.15. The van der Waals surface area contributed by atoms with Crippen LogP contribution in [0.5, 0.6) is 0 Å². The summed E-state index contributed by atoms with van der Waals surface area (Å²) in [6.07, 6.45) is 1.33. The second-order valence-electron chi connectivity index (χ2n) is 6.46. The second kappa shape index (κ2) is 8.22. The predicted octanol–water partition coefficient (Wildman–Crippen LogP) is 5.06. The number of para-hydroxylation sites is 1. The molecular formula is C22H15ClN2O4S. The summed E-state index contributed by atoms with van der Waals surface area (Å²) < 4.78 is 5.73. The highest BCUT2D eigenvalue weighted by Gasteiger charge is 2.37. The predicted molar refractivity (Wildman–Crippen MR) is 114 cm³/mol. The van der Waals surface area contributed by atoms with E-state index in [4.69, 9.17) is 16.0 Å². The van der Waals surface area contributed by atoms with Gasteiger partial charge in [0, 0.05) is 9.92 Å². The van der Waals surface area contributed by atoms with Crippen LogP contribution in [0.3, 0.4) is 0 Å². The van der Waals surface area contributed by atoms with Crippen LogP contribution >= 0.6 is 23.4 Å². The fourth-order valence-corrected chi connectivity index (χ4v) is 3.82. The van der Waals surface area contributed by atoms with Crippen LogP contribution in [-0.4, -0.2) is 17.8 Å². The quantitative estimate of drug-likeness (QED) is 0.455. The maximum absolute atomic E-state index is 12.9. The van der Waals surface area contributed by atoms with Crippen molar-refractivity contribution in [2.45, 2.75) is 16.9 Å². The molecule has 0 atom stereocenters. The number of barbiturate groups is 1. The number of benzene rings is 2. The van der Waals surface area contributed by atoms with E-state index in [9.17, 15) is 14.4 Å². The number of nitrogens with one attached hydrogen (secondary N) is 1. The summed E-state index contributed by atoms with van der Waals surface area (Å²) in [6.45, 7) is 1.78. The van der Waals surface area contributed by atoms with Crippen molar-refractivity contribution in [3.8, 4) is 0 Å². The molecule has 6 nitrogen and oxygen atoms in total. The zero-order chi connectivity index (χ0) is 21.3. The van der Waals surface area contributed by atoms with Gasteiger partial charge in [0.25, 0.3) is 11.8 Å². The smallest absolute Gasteiger partial charge is 0.335 e. The minimum atomic E-state index is -0.783. The SMILES string of the molecule is Cc1ccccc1N1C(=O)NC(=O)/C(=C\c2ccc(Sc3ccc(Cl)cc3)o2)C1=O. The second-order valence-corrected chi connectivity index (χ2v) is 7.97. The van der Waals surface area contributed by atoms with Gasteiger partial charge < -0.3 is 4.42 Å². The maximum atomic E-state index is 12.9. The molecule has 1 saturated heterocycles. The first-order valence-corrected chi connectivity index (χ1v) is 10.1. The van der Waals surface area contributed by atoms with Crippen molar-refractivity contribution < 1.29 is 18.8 Å². The highest BCUT2D eigenvalue weighted by molar-refractivity contribution is 7.99. The lowest BCUT2D eigenvalue weighted by Crippen LogP contribution is -2.54. The maximum Gasteiger partial charge on any atom is 0.335 e. The third-order valence-electron chi connectivity index (χ3n) is 4.38. The van der Waals surface area contributed by atoms with Gasteiger partial charge in [0.05, 0.1) is 5.69 Å². The molecule has 3 aromatic rings. The van der Waals surface area contributed by atoms with Crippen LogP contribution in [0.1, 0.15) is 11.3 Å². The van der Waals surface area contributed by atoms with Crippen LogP contribution in [0.2, 0.25) is 5.02 Å². The summed E-state index contributed by atoms with van der Waals surface area (Å²) >= 11 is 7.27. The summed E-state index contributed by atoms with van der Waals surface area (Å²) in [5, 5.41) is 3.43. The number of rotatable bonds is 4. The number of carbonyl (C=O) groups is 3. The van der Waals surface area contributed by atoms with E-state index in [1.165, 1.54) is 17.8 Å². The first-order valence-electron chi connectivity index (χ1n) is 8.93. The zero-order valence-electron chi connectivity index (χ0n) is 15.7. The normalized spacial score (nSPS) is 15.6. The molecule has 0 radical (unpaired) electrons. The molecule has 0 spiro atoms. The molecule has 0 aliphatic carbocycles. The van der Waals surface area contributed by atoms with Crippen molar-refractivity contribution in [3.05, 3.63) is 82.6 Å². The number of carbonyl (C=O) groups excluding carboxylic acids is 3. The molecule has 1 aromatic heterocycles. The number of hydrogen-bond donors (Lipinski definition) is 1. The van der Waals surface area contributed by atoms with Crippen LogP contribution < -0.4 is 10.2 Å². The largest absolute Gasteiger partial charge is 0.450 e. The van der Waals surface area contributed by atoms with Gasteiger partial charge in [-0.05, 0) is 61.0 Å². The summed E-state index contributed by atoms with van der Waals surface area (Å²) in [6, 6.07) is 16.8. The molecule has 0 unspecified atom stereocenters. The van der Waals surface area contributed by atoms with E-state index in [2.05, 4.69) is 5.32 Å². The van der Waals surface area contributed by atoms with E-state index in [0.717, 1.165) is 15.4 Å². The van der Waals surface area contributed by atoms with E-state index in [1.54, 1.807) is 55.5 Å². The van der Waals surface area contributed by atoms with Crippen LogP contribution in [-0.2, 0) is 9.59 Å². The van der Waals surface area contributed by atoms with Gasteiger partial charge in [-0.3, -0.25) is 14.9 Å². The van der Waals surface area contributed by atoms with Crippen molar-refractivity contribution in [3.63, 3.8) is 0 Å². The highest BCUT2D eigenvalue weighted by Crippen LogP contribution is 2.31. The van der Waals surface area contributed by atoms with Crippen molar-refractivity contribution in [1.82, 2.24) is 5.32 Å². The van der Waals surface area contributed by atoms with Gasteiger partial charge in [0.2, 0.25) is 0 Å². The Morgan fingerprint density at radius 3 is 2.47 bits per heavy atom. The Morgan fingerprint density at radius 1 is 1.00 bits per heavy atom. The van der Waals surface area contributed by atoms with Crippen LogP contribution in [0.4, 0.5) is 10.5 Å². The molecule has 4 rings (SSSR count). The van der Waals surface area contributed by atoms with Crippen LogP contribution in [0, 0.1) is 6.92 Å². The van der Waals surface area contributed by atoms with Gasteiger partial charge >= 0.3 is 6.03 Å². The van der Waals surface area contributed by atoms with Gasteiger partial charge in [-0.15, -0.1) is 0 Å². The fraction of sp³-hybridized carbons (Fsp3) is 0.0455. The topological polar surface area (TPSA) is 79.6 Å². The standard InChI is InChI=1S/C22H15ClN2O4S/c1-13-4-2-3-5-18(13)25-21(27)17(20(26)24-22(25)28)12-15-8-11-19(29-15)30-16-9-6-14(23)7-10-16/h2-12H,1H3,(H,24,26,28)/b17-12+. The molecule has 8 heteroatoms. The number of furan rings is 1. The van der Waals surface area contributed by atoms with Gasteiger partial charge in [0.15, 0.2) is 5.09 Å². The average Bonchev–Trinajstić information content (AvgIpc) is 3.15. The fourth-order valence-electron chi connectivity index (χ4n) is 2.92. The Kier molecular flexibility index (Phi) is 5.48. The number of imide groups is 2. The summed E-state index contributed by atoms with van der Waals surface area (Å²) in [5.41, 5.74) is 0.960. The van der Waals surface area contributed by atoms with Crippen molar-refractivity contribution in [2.24, 2.45) is 0 Å². The number of hydrogen-bond acceptors (Lipinski definition) is 5. The van der Waals surface area contributed by atoms with Gasteiger partial charge in [-0.25, -0.2) is 9.69 Å². The van der Waals surface area contributed by atoms with Crippen LogP contribution in [0.15, 0.2) is 80.6 Å². The highest BCUT2D eigenvalue weighted by atomic mass is 35.5. The number of amides is 4. The zero-order valence-corrected chi connectivity index (χ0v) is 17.3. The van der Waals surface area contributed by atoms with E-state index >= 15 is 0 Å². The minimum Gasteiger partial charge on any atom is -0.450 e. The first kappa shape index (κ1) is 20.0. The van der Waals surface area contributed by atoms with Crippen LogP contribution in [0.25, 0.3) is 6.08 Å². The van der Waals surface area contributed by atoms with Crippen molar-refractivity contribution in [1.29, 1.82) is 0 Å². The number of halogens is 1. The van der Waals surface area contributed by atoms with Gasteiger partial charge in [0.1, 0.15) is 11.3 Å². The number of aryl methyl sites for hydroxylation is 1. The molecule has 30 heavy (non-hydrogen) atoms. The van der Waals surface area contributed by atoms with Crippen molar-refractivity contribution in [2.75, 3.05) is 4.90 Å². The van der Waals surface area contributed by atoms with E-state index in [-0.39, 0.29) is 5.57 Å². The number of nitrogens with zero attached hydrogens (tertiary/aromatic N) is 1. The van der Waals surface area contributed by atoms with Crippen molar-refractivity contribution >= 4 is 53.0 Å². The molecule has 4 amide bonds. The molecule has 150 valence electrons. The Morgan fingerprint density at radius 2 is 1.73 bits per heavy atom. The third kappa shape index (κ3) is 4.03. The molecule has 1 aliphatic rings. The Balaban J connectivity index is 1.61. The average molecular weight is 439 g/mol. The molecule has 2 heterocycles. The lowest BCUT2D eigenvalue weighted by molar-refractivity contribution is -0.122. The molecular weight excluding hydrogens is 424 g/mol. The number of urea groups is 1. The Labute approximate surface area is 181 Å². The molecule has 1 fully saturated rings. The van der Waals surface area contributed by atoms with E-state index < -0.39 is 17.8 Å². The molecule has 0 bridgehead atoms. The van der Waals surface area contributed by atoms with Gasteiger partial charge in [-0.2, -0.15) is 0 Å². The minimum absolute atomic E-state index is 0.185. The first-order chi connectivity index (χ1) is 14.4. The lowest BCUT2D eigenvalue weighted by atomic mass is 10.1.